The summed E-state index contributed by atoms with van der Waals surface area (Å²) in [6.07, 6.45) is 0. The number of hydrogen-bond acceptors (Lipinski definition) is 8. The van der Waals surface area contributed by atoms with Gasteiger partial charge in [0.25, 0.3) is 10.0 Å². The van der Waals surface area contributed by atoms with Crippen LogP contribution in [-0.2, 0) is 26.2 Å². The van der Waals surface area contributed by atoms with E-state index in [1.54, 1.807) is 18.2 Å². The Bertz CT molecular complexity index is 1300. The van der Waals surface area contributed by atoms with Gasteiger partial charge in [0.2, 0.25) is 0 Å². The van der Waals surface area contributed by atoms with Gasteiger partial charge >= 0.3 is 11.6 Å². The maximum Gasteiger partial charge on any atom is 0.338 e. The highest BCUT2D eigenvalue weighted by molar-refractivity contribution is 7.89. The van der Waals surface area contributed by atoms with Crippen molar-refractivity contribution >= 4 is 38.6 Å². The van der Waals surface area contributed by atoms with E-state index in [0.29, 0.717) is 21.2 Å². The first-order chi connectivity index (χ1) is 14.7. The van der Waals surface area contributed by atoms with Crippen molar-refractivity contribution in [3.63, 3.8) is 0 Å². The second kappa shape index (κ2) is 9.06. The number of hydroxylamine groups is 1. The summed E-state index contributed by atoms with van der Waals surface area (Å²) in [5.74, 6) is -0.302. The van der Waals surface area contributed by atoms with Crippen LogP contribution < -0.4 is 10.4 Å². The Morgan fingerprint density at radius 3 is 2.55 bits per heavy atom. The largest absolute Gasteiger partial charge is 0.497 e. The van der Waals surface area contributed by atoms with Gasteiger partial charge in [-0.1, -0.05) is 16.1 Å². The molecule has 0 bridgehead atoms. The number of hydrogen-bond donors (Lipinski definition) is 0. The van der Waals surface area contributed by atoms with Gasteiger partial charge in [-0.05, 0) is 30.3 Å². The molecule has 3 rings (SSSR count). The van der Waals surface area contributed by atoms with Crippen molar-refractivity contribution in [3.8, 4) is 5.75 Å². The Hall–Kier alpha value is -2.92. The SMILES string of the molecule is COc1ccc2c(COC(=O)c3ccc(Cl)c(S(=O)(=O)N(C)OC)c3)cc(=O)oc2c1. The first-order valence-electron chi connectivity index (χ1n) is 8.78. The molecule has 0 atom stereocenters. The van der Waals surface area contributed by atoms with Crippen molar-refractivity contribution in [3.05, 3.63) is 69.0 Å². The molecule has 0 aliphatic rings. The minimum atomic E-state index is -4.08. The second-order valence-corrected chi connectivity index (χ2v) is 8.58. The third-order valence-electron chi connectivity index (χ3n) is 4.44. The van der Waals surface area contributed by atoms with Gasteiger partial charge in [0.1, 0.15) is 22.8 Å². The van der Waals surface area contributed by atoms with E-state index < -0.39 is 21.6 Å². The maximum absolute atomic E-state index is 12.5. The van der Waals surface area contributed by atoms with Gasteiger partial charge < -0.3 is 13.9 Å². The van der Waals surface area contributed by atoms with E-state index in [1.165, 1.54) is 39.5 Å². The Morgan fingerprint density at radius 1 is 1.13 bits per heavy atom. The lowest BCUT2D eigenvalue weighted by Gasteiger charge is -2.15. The van der Waals surface area contributed by atoms with Crippen LogP contribution >= 0.6 is 11.6 Å². The maximum atomic E-state index is 12.5. The molecule has 0 amide bonds. The highest BCUT2D eigenvalue weighted by atomic mass is 35.5. The molecule has 0 aliphatic carbocycles. The number of rotatable bonds is 7. The number of sulfonamides is 1. The molecule has 2 aromatic carbocycles. The summed E-state index contributed by atoms with van der Waals surface area (Å²) >= 11 is 6.00. The molecule has 31 heavy (non-hydrogen) atoms. The first kappa shape index (κ1) is 22.8. The Kier molecular flexibility index (Phi) is 6.65. The second-order valence-electron chi connectivity index (χ2n) is 6.27. The van der Waals surface area contributed by atoms with E-state index in [1.807, 2.05) is 0 Å². The summed E-state index contributed by atoms with van der Waals surface area (Å²) in [4.78, 5) is 28.8. The average Bonchev–Trinajstić information content (AvgIpc) is 2.75. The molecule has 11 heteroatoms. The van der Waals surface area contributed by atoms with Crippen LogP contribution in [0.25, 0.3) is 11.0 Å². The molecule has 9 nitrogen and oxygen atoms in total. The van der Waals surface area contributed by atoms with Crippen LogP contribution in [0.2, 0.25) is 5.02 Å². The minimum absolute atomic E-state index is 0.0404. The van der Waals surface area contributed by atoms with Crippen molar-refractivity contribution in [2.45, 2.75) is 11.5 Å². The van der Waals surface area contributed by atoms with E-state index in [2.05, 4.69) is 0 Å². The number of carbonyl (C=O) groups excluding carboxylic acids is 1. The summed E-state index contributed by atoms with van der Waals surface area (Å²) in [6, 6.07) is 9.81. The first-order valence-corrected chi connectivity index (χ1v) is 10.6. The molecule has 164 valence electrons. The highest BCUT2D eigenvalue weighted by Gasteiger charge is 2.25. The van der Waals surface area contributed by atoms with Gasteiger partial charge in [0.15, 0.2) is 0 Å². The number of ether oxygens (including phenoxy) is 2. The predicted molar refractivity (Wildman–Crippen MR) is 112 cm³/mol. The molecule has 0 spiro atoms. The number of fused-ring (bicyclic) bond motifs is 1. The zero-order valence-corrected chi connectivity index (χ0v) is 18.3. The molecule has 0 aliphatic heterocycles. The van der Waals surface area contributed by atoms with E-state index in [9.17, 15) is 18.0 Å². The Morgan fingerprint density at radius 2 is 1.87 bits per heavy atom. The molecule has 0 saturated carbocycles. The molecular weight excluding hydrogens is 450 g/mol. The molecule has 0 unspecified atom stereocenters. The average molecular weight is 468 g/mol. The number of halogens is 1. The fourth-order valence-electron chi connectivity index (χ4n) is 2.75. The summed E-state index contributed by atoms with van der Waals surface area (Å²) in [7, 11) is -0.223. The molecule has 3 aromatic rings. The van der Waals surface area contributed by atoms with Crippen LogP contribution in [0.5, 0.6) is 5.75 Å². The molecule has 0 saturated heterocycles. The third kappa shape index (κ3) is 4.72. The smallest absolute Gasteiger partial charge is 0.338 e. The van der Waals surface area contributed by atoms with Crippen LogP contribution in [0.1, 0.15) is 15.9 Å². The minimum Gasteiger partial charge on any atom is -0.497 e. The van der Waals surface area contributed by atoms with Crippen LogP contribution in [0, 0.1) is 0 Å². The number of nitrogens with zero attached hydrogens (tertiary/aromatic N) is 1. The molecule has 0 fully saturated rings. The highest BCUT2D eigenvalue weighted by Crippen LogP contribution is 2.26. The third-order valence-corrected chi connectivity index (χ3v) is 6.60. The quantitative estimate of drug-likeness (QED) is 0.296. The monoisotopic (exact) mass is 467 g/mol. The predicted octanol–water partition coefficient (Wildman–Crippen LogP) is 2.99. The number of benzene rings is 2. The van der Waals surface area contributed by atoms with Crippen molar-refractivity contribution < 1.29 is 31.9 Å². The lowest BCUT2D eigenvalue weighted by molar-refractivity contribution is -0.0258. The van der Waals surface area contributed by atoms with E-state index >= 15 is 0 Å². The van der Waals surface area contributed by atoms with Crippen molar-refractivity contribution in [1.29, 1.82) is 0 Å². The number of esters is 1. The van der Waals surface area contributed by atoms with Crippen LogP contribution in [0.15, 0.2) is 56.6 Å². The number of carbonyl (C=O) groups is 1. The zero-order chi connectivity index (χ0) is 22.8. The van der Waals surface area contributed by atoms with Crippen molar-refractivity contribution in [2.75, 3.05) is 21.3 Å². The zero-order valence-electron chi connectivity index (χ0n) is 16.7. The van der Waals surface area contributed by atoms with E-state index in [-0.39, 0.29) is 27.7 Å². The standard InChI is InChI=1S/C20H18ClNO8S/c1-22(28-3)31(25,26)18-8-12(4-7-16(18)21)20(24)29-11-13-9-19(23)30-17-10-14(27-2)5-6-15(13)17/h4-10H,11H2,1-3H3. The molecule has 0 radical (unpaired) electrons. The van der Waals surface area contributed by atoms with Gasteiger partial charge in [-0.2, -0.15) is 0 Å². The van der Waals surface area contributed by atoms with Gasteiger partial charge in [-0.25, -0.2) is 18.0 Å². The van der Waals surface area contributed by atoms with Crippen LogP contribution in [-0.4, -0.2) is 40.1 Å². The fraction of sp³-hybridized carbons (Fsp3) is 0.200. The van der Waals surface area contributed by atoms with Crippen LogP contribution in [0.3, 0.4) is 0 Å². The van der Waals surface area contributed by atoms with Gasteiger partial charge in [0.05, 0.1) is 24.8 Å². The van der Waals surface area contributed by atoms with E-state index in [4.69, 9.17) is 30.3 Å². The topological polar surface area (TPSA) is 112 Å². The molecular formula is C20H18ClNO8S. The normalized spacial score (nSPS) is 11.6. The fourth-order valence-corrected chi connectivity index (χ4v) is 4.22. The Balaban J connectivity index is 1.88. The van der Waals surface area contributed by atoms with E-state index in [0.717, 1.165) is 6.07 Å². The summed E-state index contributed by atoms with van der Waals surface area (Å²) in [6.45, 7) is -0.240. The lowest BCUT2D eigenvalue weighted by Crippen LogP contribution is -2.26. The van der Waals surface area contributed by atoms with Gasteiger partial charge in [0, 0.05) is 30.1 Å². The molecule has 0 N–H and O–H groups in total. The Labute approximate surface area is 182 Å². The lowest BCUT2D eigenvalue weighted by atomic mass is 10.1. The summed E-state index contributed by atoms with van der Waals surface area (Å²) in [5.41, 5.74) is 0.0410. The summed E-state index contributed by atoms with van der Waals surface area (Å²) in [5, 5.41) is 0.482. The van der Waals surface area contributed by atoms with Crippen LogP contribution in [0.4, 0.5) is 0 Å². The van der Waals surface area contributed by atoms with Gasteiger partial charge in [-0.3, -0.25) is 4.84 Å². The molecule has 1 heterocycles. The van der Waals surface area contributed by atoms with Crippen molar-refractivity contribution in [2.24, 2.45) is 0 Å². The van der Waals surface area contributed by atoms with Crippen molar-refractivity contribution in [1.82, 2.24) is 4.47 Å². The number of methoxy groups -OCH3 is 1. The molecule has 1 aromatic heterocycles. The van der Waals surface area contributed by atoms with Gasteiger partial charge in [-0.15, -0.1) is 0 Å². The summed E-state index contributed by atoms with van der Waals surface area (Å²) < 4.78 is 41.2.